The second kappa shape index (κ2) is 4.88. The summed E-state index contributed by atoms with van der Waals surface area (Å²) in [5, 5.41) is 5.51. The molecule has 1 aliphatic carbocycles. The molecule has 2 aromatic heterocycles. The fourth-order valence-corrected chi connectivity index (χ4v) is 3.18. The topological polar surface area (TPSA) is 30.7 Å². The van der Waals surface area contributed by atoms with E-state index in [4.69, 9.17) is 16.7 Å². The van der Waals surface area contributed by atoms with Gasteiger partial charge >= 0.3 is 0 Å². The van der Waals surface area contributed by atoms with E-state index in [1.807, 2.05) is 24.6 Å². The standard InChI is InChI=1S/C16H20ClN3/c1-9-5-6-15-13(7-9)12(4)20(19-15)16-10(2)8-14(17)11(3)18-16/h8-9H,5-7H2,1-4H3. The Bertz CT molecular complexity index is 673. The summed E-state index contributed by atoms with van der Waals surface area (Å²) in [5.74, 6) is 1.66. The minimum atomic E-state index is 0.717. The minimum absolute atomic E-state index is 0.717. The van der Waals surface area contributed by atoms with Crippen LogP contribution >= 0.6 is 11.6 Å². The third-order valence-corrected chi connectivity index (χ3v) is 4.65. The van der Waals surface area contributed by atoms with Crippen LogP contribution in [0.2, 0.25) is 5.02 Å². The first-order valence-electron chi connectivity index (χ1n) is 7.19. The first kappa shape index (κ1) is 13.6. The van der Waals surface area contributed by atoms with Crippen LogP contribution in [0.15, 0.2) is 6.07 Å². The average molecular weight is 290 g/mol. The van der Waals surface area contributed by atoms with E-state index in [1.54, 1.807) is 0 Å². The molecule has 0 bridgehead atoms. The fourth-order valence-electron chi connectivity index (χ4n) is 2.97. The summed E-state index contributed by atoms with van der Waals surface area (Å²) in [6.45, 7) is 8.44. The quantitative estimate of drug-likeness (QED) is 0.795. The maximum atomic E-state index is 6.14. The predicted octanol–water partition coefficient (Wildman–Crippen LogP) is 3.97. The van der Waals surface area contributed by atoms with Crippen LogP contribution in [-0.4, -0.2) is 14.8 Å². The van der Waals surface area contributed by atoms with E-state index in [0.29, 0.717) is 0 Å². The Morgan fingerprint density at radius 2 is 2.05 bits per heavy atom. The largest absolute Gasteiger partial charge is 0.232 e. The highest BCUT2D eigenvalue weighted by atomic mass is 35.5. The van der Waals surface area contributed by atoms with Gasteiger partial charge in [0.05, 0.1) is 16.4 Å². The monoisotopic (exact) mass is 289 g/mol. The molecule has 0 amide bonds. The molecular formula is C16H20ClN3. The number of fused-ring (bicyclic) bond motifs is 1. The zero-order valence-corrected chi connectivity index (χ0v) is 13.3. The summed E-state index contributed by atoms with van der Waals surface area (Å²) in [5.41, 5.74) is 5.81. The Kier molecular flexibility index (Phi) is 3.33. The molecule has 0 fully saturated rings. The van der Waals surface area contributed by atoms with Gasteiger partial charge in [0, 0.05) is 5.69 Å². The number of hydrogen-bond acceptors (Lipinski definition) is 2. The molecule has 1 unspecified atom stereocenters. The van der Waals surface area contributed by atoms with Crippen LogP contribution < -0.4 is 0 Å². The van der Waals surface area contributed by atoms with Crippen molar-refractivity contribution in [2.24, 2.45) is 5.92 Å². The normalized spacial score (nSPS) is 18.1. The Labute approximate surface area is 125 Å². The predicted molar refractivity (Wildman–Crippen MR) is 81.8 cm³/mol. The van der Waals surface area contributed by atoms with Crippen molar-refractivity contribution in [3.63, 3.8) is 0 Å². The van der Waals surface area contributed by atoms with E-state index in [-0.39, 0.29) is 0 Å². The van der Waals surface area contributed by atoms with Gasteiger partial charge in [0.2, 0.25) is 0 Å². The van der Waals surface area contributed by atoms with Crippen molar-refractivity contribution >= 4 is 11.6 Å². The van der Waals surface area contributed by atoms with Crippen LogP contribution in [-0.2, 0) is 12.8 Å². The van der Waals surface area contributed by atoms with Crippen molar-refractivity contribution < 1.29 is 0 Å². The van der Waals surface area contributed by atoms with Crippen LogP contribution in [0.5, 0.6) is 0 Å². The lowest BCUT2D eigenvalue weighted by Crippen LogP contribution is -2.10. The van der Waals surface area contributed by atoms with Crippen molar-refractivity contribution in [3.8, 4) is 5.82 Å². The highest BCUT2D eigenvalue weighted by Crippen LogP contribution is 2.29. The molecule has 106 valence electrons. The van der Waals surface area contributed by atoms with Crippen LogP contribution in [0.4, 0.5) is 0 Å². The molecule has 2 aromatic rings. The molecule has 3 nitrogen and oxygen atoms in total. The molecule has 3 rings (SSSR count). The first-order chi connectivity index (χ1) is 9.47. The highest BCUT2D eigenvalue weighted by Gasteiger charge is 2.23. The summed E-state index contributed by atoms with van der Waals surface area (Å²) in [4.78, 5) is 4.63. The highest BCUT2D eigenvalue weighted by molar-refractivity contribution is 6.31. The zero-order chi connectivity index (χ0) is 14.4. The SMILES string of the molecule is Cc1cc(Cl)c(C)nc1-n1nc2c(c1C)CC(C)CC2. The maximum Gasteiger partial charge on any atom is 0.156 e. The molecule has 0 N–H and O–H groups in total. The summed E-state index contributed by atoms with van der Waals surface area (Å²) in [6, 6.07) is 1.97. The molecule has 0 aromatic carbocycles. The zero-order valence-electron chi connectivity index (χ0n) is 12.5. The summed E-state index contributed by atoms with van der Waals surface area (Å²) in [7, 11) is 0. The Morgan fingerprint density at radius 3 is 2.80 bits per heavy atom. The summed E-state index contributed by atoms with van der Waals surface area (Å²) < 4.78 is 2.00. The van der Waals surface area contributed by atoms with E-state index in [0.717, 1.165) is 40.9 Å². The Balaban J connectivity index is 2.14. The van der Waals surface area contributed by atoms with Gasteiger partial charge in [-0.2, -0.15) is 5.10 Å². The first-order valence-corrected chi connectivity index (χ1v) is 7.56. The van der Waals surface area contributed by atoms with E-state index >= 15 is 0 Å². The van der Waals surface area contributed by atoms with Gasteiger partial charge in [-0.25, -0.2) is 9.67 Å². The van der Waals surface area contributed by atoms with Gasteiger partial charge in [-0.3, -0.25) is 0 Å². The molecule has 0 aliphatic heterocycles. The number of nitrogens with zero attached hydrogens (tertiary/aromatic N) is 3. The number of hydrogen-bond donors (Lipinski definition) is 0. The molecule has 0 spiro atoms. The fraction of sp³-hybridized carbons (Fsp3) is 0.500. The molecule has 1 atom stereocenters. The van der Waals surface area contributed by atoms with Crippen molar-refractivity contribution in [2.45, 2.75) is 47.0 Å². The number of halogens is 1. The number of aromatic nitrogens is 3. The molecule has 2 heterocycles. The lowest BCUT2D eigenvalue weighted by atomic mass is 9.88. The summed E-state index contributed by atoms with van der Waals surface area (Å²) in [6.07, 6.45) is 3.44. The van der Waals surface area contributed by atoms with E-state index < -0.39 is 0 Å². The van der Waals surface area contributed by atoms with Gasteiger partial charge in [0.25, 0.3) is 0 Å². The molecule has 4 heteroatoms. The number of pyridine rings is 1. The third kappa shape index (κ3) is 2.14. The molecule has 0 radical (unpaired) electrons. The molecule has 0 saturated heterocycles. The van der Waals surface area contributed by atoms with Crippen LogP contribution in [0, 0.1) is 26.7 Å². The van der Waals surface area contributed by atoms with Gasteiger partial charge in [0.1, 0.15) is 0 Å². The molecule has 20 heavy (non-hydrogen) atoms. The van der Waals surface area contributed by atoms with E-state index in [2.05, 4.69) is 18.8 Å². The molecule has 1 aliphatic rings. The van der Waals surface area contributed by atoms with Crippen molar-refractivity contribution in [3.05, 3.63) is 39.3 Å². The Morgan fingerprint density at radius 1 is 1.30 bits per heavy atom. The second-order valence-corrected chi connectivity index (χ2v) is 6.37. The van der Waals surface area contributed by atoms with Crippen molar-refractivity contribution in [2.75, 3.05) is 0 Å². The van der Waals surface area contributed by atoms with Crippen LogP contribution in [0.1, 0.15) is 41.6 Å². The minimum Gasteiger partial charge on any atom is -0.232 e. The van der Waals surface area contributed by atoms with Gasteiger partial charge in [-0.15, -0.1) is 0 Å². The van der Waals surface area contributed by atoms with Gasteiger partial charge in [-0.05, 0) is 63.1 Å². The van der Waals surface area contributed by atoms with E-state index in [9.17, 15) is 0 Å². The third-order valence-electron chi connectivity index (χ3n) is 4.27. The maximum absolute atomic E-state index is 6.14. The summed E-state index contributed by atoms with van der Waals surface area (Å²) >= 11 is 6.14. The van der Waals surface area contributed by atoms with Crippen molar-refractivity contribution in [1.29, 1.82) is 0 Å². The smallest absolute Gasteiger partial charge is 0.156 e. The van der Waals surface area contributed by atoms with E-state index in [1.165, 1.54) is 23.4 Å². The molecule has 0 saturated carbocycles. The lowest BCUT2D eigenvalue weighted by molar-refractivity contribution is 0.496. The van der Waals surface area contributed by atoms with Crippen molar-refractivity contribution in [1.82, 2.24) is 14.8 Å². The van der Waals surface area contributed by atoms with Gasteiger partial charge < -0.3 is 0 Å². The lowest BCUT2D eigenvalue weighted by Gasteiger charge is -2.17. The van der Waals surface area contributed by atoms with Gasteiger partial charge in [-0.1, -0.05) is 18.5 Å². The Hall–Kier alpha value is -1.35. The second-order valence-electron chi connectivity index (χ2n) is 5.97. The number of rotatable bonds is 1. The number of aryl methyl sites for hydroxylation is 3. The molecular weight excluding hydrogens is 270 g/mol. The van der Waals surface area contributed by atoms with Crippen LogP contribution in [0.3, 0.4) is 0 Å². The average Bonchev–Trinajstić information content (AvgIpc) is 2.71. The van der Waals surface area contributed by atoms with Gasteiger partial charge in [0.15, 0.2) is 5.82 Å². The van der Waals surface area contributed by atoms with Crippen LogP contribution in [0.25, 0.3) is 5.82 Å².